The zero-order chi connectivity index (χ0) is 20.1. The van der Waals surface area contributed by atoms with Crippen LogP contribution in [0.15, 0.2) is 40.9 Å². The molecule has 0 unspecified atom stereocenters. The van der Waals surface area contributed by atoms with Gasteiger partial charge in [0.15, 0.2) is 6.61 Å². The van der Waals surface area contributed by atoms with Gasteiger partial charge in [-0.25, -0.2) is 8.42 Å². The van der Waals surface area contributed by atoms with Gasteiger partial charge in [-0.3, -0.25) is 15.1 Å². The molecule has 150 valence electrons. The zero-order valence-corrected chi connectivity index (χ0v) is 15.4. The average molecular weight is 407 g/mol. The maximum absolute atomic E-state index is 12.8. The van der Waals surface area contributed by atoms with Crippen molar-refractivity contribution in [3.63, 3.8) is 0 Å². The highest BCUT2D eigenvalue weighted by atomic mass is 32.2. The molecule has 0 aliphatic carbocycles. The topological polar surface area (TPSA) is 87.7 Å². The summed E-state index contributed by atoms with van der Waals surface area (Å²) in [5, 5.41) is 2.55. The number of sulfonamides is 1. The van der Waals surface area contributed by atoms with Crippen molar-refractivity contribution in [2.75, 3.05) is 26.2 Å². The molecule has 2 rings (SSSR count). The first kappa shape index (κ1) is 21.2. The van der Waals surface area contributed by atoms with Crippen LogP contribution in [0.5, 0.6) is 0 Å². The van der Waals surface area contributed by atoms with Crippen molar-refractivity contribution >= 4 is 15.9 Å². The number of carbonyl (C=O) groups is 1. The fourth-order valence-electron chi connectivity index (χ4n) is 2.39. The van der Waals surface area contributed by atoms with Crippen molar-refractivity contribution in [3.05, 3.63) is 41.6 Å². The van der Waals surface area contributed by atoms with Gasteiger partial charge in [-0.1, -0.05) is 6.07 Å². The molecule has 1 aliphatic heterocycles. The Morgan fingerprint density at radius 3 is 2.67 bits per heavy atom. The second-order valence-electron chi connectivity index (χ2n) is 5.71. The van der Waals surface area contributed by atoms with Crippen molar-refractivity contribution in [1.29, 1.82) is 0 Å². The highest BCUT2D eigenvalue weighted by molar-refractivity contribution is 7.89. The number of rotatable bonds is 7. The van der Waals surface area contributed by atoms with Gasteiger partial charge in [-0.2, -0.15) is 17.5 Å². The molecule has 27 heavy (non-hydrogen) atoms. The van der Waals surface area contributed by atoms with Gasteiger partial charge >= 0.3 is 6.18 Å². The molecule has 1 amide bonds. The number of halogens is 3. The SMILES string of the molecule is CCNC(=O)CONC1=CCN(S(=O)(=O)c2cccc(C(F)(F)F)c2)CC1. The lowest BCUT2D eigenvalue weighted by atomic mass is 10.2. The van der Waals surface area contributed by atoms with Crippen LogP contribution in [-0.2, 0) is 25.8 Å². The van der Waals surface area contributed by atoms with E-state index in [9.17, 15) is 26.4 Å². The van der Waals surface area contributed by atoms with E-state index in [1.807, 2.05) is 0 Å². The molecule has 1 heterocycles. The van der Waals surface area contributed by atoms with Gasteiger partial charge in [0, 0.05) is 31.8 Å². The first-order valence-corrected chi connectivity index (χ1v) is 9.59. The summed E-state index contributed by atoms with van der Waals surface area (Å²) in [5.74, 6) is -0.296. The summed E-state index contributed by atoms with van der Waals surface area (Å²) in [6.07, 6.45) is -2.80. The molecule has 0 bridgehead atoms. The number of hydrogen-bond acceptors (Lipinski definition) is 5. The van der Waals surface area contributed by atoms with Crippen molar-refractivity contribution in [3.8, 4) is 0 Å². The molecule has 0 saturated carbocycles. The van der Waals surface area contributed by atoms with Crippen LogP contribution in [0.3, 0.4) is 0 Å². The largest absolute Gasteiger partial charge is 0.416 e. The van der Waals surface area contributed by atoms with Crippen molar-refractivity contribution in [1.82, 2.24) is 15.1 Å². The summed E-state index contributed by atoms with van der Waals surface area (Å²) >= 11 is 0. The van der Waals surface area contributed by atoms with Gasteiger partial charge in [0.1, 0.15) is 0 Å². The molecule has 2 N–H and O–H groups in total. The Bertz CT molecular complexity index is 809. The van der Waals surface area contributed by atoms with E-state index in [1.165, 1.54) is 0 Å². The van der Waals surface area contributed by atoms with Crippen LogP contribution in [0, 0.1) is 0 Å². The zero-order valence-electron chi connectivity index (χ0n) is 14.5. The summed E-state index contributed by atoms with van der Waals surface area (Å²) in [7, 11) is -4.05. The third-order valence-corrected chi connectivity index (χ3v) is 5.61. The average Bonchev–Trinajstić information content (AvgIpc) is 2.62. The number of hydrogen-bond donors (Lipinski definition) is 2. The number of hydroxylamine groups is 1. The summed E-state index contributed by atoms with van der Waals surface area (Å²) in [6, 6.07) is 3.65. The number of likely N-dealkylation sites (N-methyl/N-ethyl adjacent to an activating group) is 1. The predicted molar refractivity (Wildman–Crippen MR) is 90.7 cm³/mol. The van der Waals surface area contributed by atoms with Crippen LogP contribution in [0.4, 0.5) is 13.2 Å². The lowest BCUT2D eigenvalue weighted by Gasteiger charge is -2.26. The van der Waals surface area contributed by atoms with Gasteiger partial charge in [-0.15, -0.1) is 0 Å². The Labute approximate surface area is 155 Å². The van der Waals surface area contributed by atoms with Crippen molar-refractivity contribution < 1.29 is 31.2 Å². The minimum absolute atomic E-state index is 0.0224. The monoisotopic (exact) mass is 407 g/mol. The summed E-state index contributed by atoms with van der Waals surface area (Å²) in [6.45, 7) is 2.10. The Hall–Kier alpha value is -2.11. The summed E-state index contributed by atoms with van der Waals surface area (Å²) in [4.78, 5) is 15.9. The molecule has 1 aliphatic rings. The van der Waals surface area contributed by atoms with Crippen LogP contribution in [-0.4, -0.2) is 44.9 Å². The quantitative estimate of drug-likeness (QED) is 0.671. The van der Waals surface area contributed by atoms with Crippen LogP contribution in [0.1, 0.15) is 18.9 Å². The maximum atomic E-state index is 12.8. The number of alkyl halides is 3. The minimum atomic E-state index is -4.62. The fourth-order valence-corrected chi connectivity index (χ4v) is 3.81. The van der Waals surface area contributed by atoms with Crippen molar-refractivity contribution in [2.24, 2.45) is 0 Å². The molecule has 0 spiro atoms. The molecule has 0 aromatic heterocycles. The summed E-state index contributed by atoms with van der Waals surface area (Å²) in [5.41, 5.74) is 2.16. The maximum Gasteiger partial charge on any atom is 0.416 e. The lowest BCUT2D eigenvalue weighted by Crippen LogP contribution is -2.37. The first-order chi connectivity index (χ1) is 12.6. The number of amides is 1. The van der Waals surface area contributed by atoms with Crippen LogP contribution in [0.2, 0.25) is 0 Å². The van der Waals surface area contributed by atoms with E-state index in [1.54, 1.807) is 13.0 Å². The number of nitrogens with zero attached hydrogens (tertiary/aromatic N) is 1. The molecule has 0 radical (unpaired) electrons. The van der Waals surface area contributed by atoms with Gasteiger partial charge in [-0.05, 0) is 31.2 Å². The van der Waals surface area contributed by atoms with E-state index >= 15 is 0 Å². The second kappa shape index (κ2) is 8.72. The number of benzene rings is 1. The summed E-state index contributed by atoms with van der Waals surface area (Å²) < 4.78 is 64.6. The molecule has 11 heteroatoms. The standard InChI is InChI=1S/C16H20F3N3O4S/c1-2-20-15(23)11-26-21-13-6-8-22(9-7-13)27(24,25)14-5-3-4-12(10-14)16(17,18)19/h3-6,10,21H,2,7-9,11H2,1H3,(H,20,23). The van der Waals surface area contributed by atoms with E-state index in [4.69, 9.17) is 4.84 Å². The molecule has 7 nitrogen and oxygen atoms in total. The fraction of sp³-hybridized carbons (Fsp3) is 0.438. The lowest BCUT2D eigenvalue weighted by molar-refractivity contribution is -0.137. The van der Waals surface area contributed by atoms with Crippen LogP contribution < -0.4 is 10.8 Å². The third kappa shape index (κ3) is 5.68. The van der Waals surface area contributed by atoms with Gasteiger partial charge in [0.2, 0.25) is 15.9 Å². The molecular weight excluding hydrogens is 387 g/mol. The van der Waals surface area contributed by atoms with E-state index < -0.39 is 26.7 Å². The van der Waals surface area contributed by atoms with E-state index in [-0.39, 0.29) is 32.0 Å². The second-order valence-corrected chi connectivity index (χ2v) is 7.65. The smallest absolute Gasteiger partial charge is 0.354 e. The molecule has 0 atom stereocenters. The highest BCUT2D eigenvalue weighted by Crippen LogP contribution is 2.31. The van der Waals surface area contributed by atoms with E-state index in [2.05, 4.69) is 10.8 Å². The molecular formula is C16H20F3N3O4S. The molecule has 1 aromatic carbocycles. The Kier molecular flexibility index (Phi) is 6.84. The van der Waals surface area contributed by atoms with E-state index in [0.29, 0.717) is 18.3 Å². The Morgan fingerprint density at radius 1 is 1.33 bits per heavy atom. The highest BCUT2D eigenvalue weighted by Gasteiger charge is 2.33. The van der Waals surface area contributed by atoms with Crippen LogP contribution >= 0.6 is 0 Å². The van der Waals surface area contributed by atoms with Crippen molar-refractivity contribution in [2.45, 2.75) is 24.4 Å². The molecule has 0 saturated heterocycles. The van der Waals surface area contributed by atoms with Gasteiger partial charge in [0.05, 0.1) is 10.5 Å². The van der Waals surface area contributed by atoms with Crippen LogP contribution in [0.25, 0.3) is 0 Å². The van der Waals surface area contributed by atoms with E-state index in [0.717, 1.165) is 22.5 Å². The number of nitrogens with one attached hydrogen (secondary N) is 2. The predicted octanol–water partition coefficient (Wildman–Crippen LogP) is 1.64. The molecule has 0 fully saturated rings. The normalized spacial score (nSPS) is 15.9. The first-order valence-electron chi connectivity index (χ1n) is 8.15. The number of carbonyl (C=O) groups excluding carboxylic acids is 1. The Balaban J connectivity index is 2.00. The van der Waals surface area contributed by atoms with Gasteiger partial charge < -0.3 is 5.32 Å². The molecule has 1 aromatic rings. The minimum Gasteiger partial charge on any atom is -0.354 e. The van der Waals surface area contributed by atoms with Gasteiger partial charge in [0.25, 0.3) is 0 Å². The third-order valence-electron chi connectivity index (χ3n) is 3.75. The Morgan fingerprint density at radius 2 is 2.07 bits per heavy atom.